The molecule has 0 radical (unpaired) electrons. The molecule has 4 nitrogen and oxygen atoms in total. The Morgan fingerprint density at radius 1 is 1.10 bits per heavy atom. The van der Waals surface area contributed by atoms with Crippen molar-refractivity contribution in [3.05, 3.63) is 30.3 Å². The summed E-state index contributed by atoms with van der Waals surface area (Å²) < 4.78 is 0. The molecular weight excluding hydrogens is 264 g/mol. The van der Waals surface area contributed by atoms with Crippen LogP contribution >= 0.6 is 0 Å². The van der Waals surface area contributed by atoms with Crippen LogP contribution in [-0.4, -0.2) is 23.9 Å². The average Bonchev–Trinajstić information content (AvgIpc) is 2.66. The van der Waals surface area contributed by atoms with E-state index < -0.39 is 5.41 Å². The van der Waals surface area contributed by atoms with Crippen LogP contribution in [-0.2, 0) is 9.59 Å². The average molecular weight is 288 g/mol. The molecule has 1 atom stereocenters. The van der Waals surface area contributed by atoms with Crippen LogP contribution in [0.1, 0.15) is 40.0 Å². The summed E-state index contributed by atoms with van der Waals surface area (Å²) in [6, 6.07) is 9.37. The van der Waals surface area contributed by atoms with Gasteiger partial charge in [-0.1, -0.05) is 39.0 Å². The van der Waals surface area contributed by atoms with Gasteiger partial charge in [0.05, 0.1) is 5.69 Å². The van der Waals surface area contributed by atoms with Crippen molar-refractivity contribution in [1.29, 1.82) is 0 Å². The molecule has 1 aliphatic heterocycles. The van der Waals surface area contributed by atoms with Gasteiger partial charge in [-0.3, -0.25) is 9.59 Å². The Bertz CT molecular complexity index is 527. The molecular formula is C17H24N2O2. The van der Waals surface area contributed by atoms with Gasteiger partial charge in [0, 0.05) is 7.05 Å². The number of para-hydroxylation sites is 1. The smallest absolute Gasteiger partial charge is 0.261 e. The molecule has 1 aromatic rings. The Balaban J connectivity index is 2.36. The van der Waals surface area contributed by atoms with E-state index in [4.69, 9.17) is 0 Å². The van der Waals surface area contributed by atoms with E-state index in [0.717, 1.165) is 12.1 Å². The Morgan fingerprint density at radius 3 is 2.24 bits per heavy atom. The monoisotopic (exact) mass is 288 g/mol. The van der Waals surface area contributed by atoms with Gasteiger partial charge in [-0.25, -0.2) is 10.0 Å². The minimum atomic E-state index is -0.894. The third-order valence-corrected chi connectivity index (χ3v) is 4.36. The normalized spacial score (nSPS) is 22.5. The highest BCUT2D eigenvalue weighted by atomic mass is 16.2. The number of rotatable bonds is 5. The number of carbonyl (C=O) groups is 2. The SMILES string of the molecule is CCC1(CCC(C)C)C(=O)N(C)N(c2ccccc2)C1=O. The Hall–Kier alpha value is -1.84. The summed E-state index contributed by atoms with van der Waals surface area (Å²) in [7, 11) is 1.68. The first-order chi connectivity index (χ1) is 9.94. The van der Waals surface area contributed by atoms with E-state index in [1.807, 2.05) is 37.3 Å². The van der Waals surface area contributed by atoms with E-state index in [0.29, 0.717) is 18.8 Å². The quantitative estimate of drug-likeness (QED) is 0.780. The summed E-state index contributed by atoms with van der Waals surface area (Å²) in [6.07, 6.45) is 2.04. The van der Waals surface area contributed by atoms with E-state index in [2.05, 4.69) is 13.8 Å². The number of hydrazine groups is 1. The van der Waals surface area contributed by atoms with E-state index >= 15 is 0 Å². The largest absolute Gasteiger partial charge is 0.272 e. The maximum absolute atomic E-state index is 13.0. The number of carbonyl (C=O) groups excluding carboxylic acids is 2. The number of amides is 2. The molecule has 1 saturated heterocycles. The van der Waals surface area contributed by atoms with Crippen molar-refractivity contribution in [2.75, 3.05) is 12.1 Å². The summed E-state index contributed by atoms with van der Waals surface area (Å²) in [4.78, 5) is 25.7. The lowest BCUT2D eigenvalue weighted by molar-refractivity contribution is -0.139. The second-order valence-corrected chi connectivity index (χ2v) is 6.15. The maximum Gasteiger partial charge on any atom is 0.261 e. The summed E-state index contributed by atoms with van der Waals surface area (Å²) in [5, 5.41) is 2.99. The first-order valence-corrected chi connectivity index (χ1v) is 7.61. The van der Waals surface area contributed by atoms with Gasteiger partial charge in [-0.15, -0.1) is 0 Å². The molecule has 1 aliphatic rings. The van der Waals surface area contributed by atoms with E-state index in [1.54, 1.807) is 7.05 Å². The summed E-state index contributed by atoms with van der Waals surface area (Å²) in [6.45, 7) is 6.16. The van der Waals surface area contributed by atoms with Crippen molar-refractivity contribution in [3.8, 4) is 0 Å². The molecule has 114 valence electrons. The maximum atomic E-state index is 13.0. The summed E-state index contributed by atoms with van der Waals surface area (Å²) in [5.74, 6) is 0.300. The fourth-order valence-electron chi connectivity index (χ4n) is 2.92. The predicted molar refractivity (Wildman–Crippen MR) is 83.5 cm³/mol. The van der Waals surface area contributed by atoms with Crippen LogP contribution in [0.4, 0.5) is 5.69 Å². The molecule has 1 fully saturated rings. The van der Waals surface area contributed by atoms with Gasteiger partial charge >= 0.3 is 0 Å². The highest BCUT2D eigenvalue weighted by Gasteiger charge is 2.56. The molecule has 1 heterocycles. The first kappa shape index (κ1) is 15.5. The van der Waals surface area contributed by atoms with Gasteiger partial charge < -0.3 is 0 Å². The van der Waals surface area contributed by atoms with E-state index in [9.17, 15) is 9.59 Å². The van der Waals surface area contributed by atoms with Crippen LogP contribution in [0.2, 0.25) is 0 Å². The van der Waals surface area contributed by atoms with Crippen LogP contribution in [0.5, 0.6) is 0 Å². The molecule has 0 N–H and O–H groups in total. The predicted octanol–water partition coefficient (Wildman–Crippen LogP) is 3.24. The van der Waals surface area contributed by atoms with Gasteiger partial charge in [0.25, 0.3) is 11.8 Å². The Kier molecular flexibility index (Phi) is 4.35. The summed E-state index contributed by atoms with van der Waals surface area (Å²) >= 11 is 0. The molecule has 0 aromatic heterocycles. The lowest BCUT2D eigenvalue weighted by Crippen LogP contribution is -2.38. The molecule has 2 rings (SSSR count). The van der Waals surface area contributed by atoms with Crippen molar-refractivity contribution in [2.45, 2.75) is 40.0 Å². The molecule has 0 aliphatic carbocycles. The van der Waals surface area contributed by atoms with Crippen LogP contribution in [0.15, 0.2) is 30.3 Å². The van der Waals surface area contributed by atoms with Crippen molar-refractivity contribution in [2.24, 2.45) is 11.3 Å². The van der Waals surface area contributed by atoms with Gasteiger partial charge in [0.1, 0.15) is 5.41 Å². The van der Waals surface area contributed by atoms with Gasteiger partial charge in [-0.05, 0) is 37.3 Å². The lowest BCUT2D eigenvalue weighted by atomic mass is 9.78. The van der Waals surface area contributed by atoms with E-state index in [1.165, 1.54) is 10.0 Å². The third-order valence-electron chi connectivity index (χ3n) is 4.36. The highest BCUT2D eigenvalue weighted by molar-refractivity contribution is 6.17. The number of anilines is 1. The molecule has 1 aromatic carbocycles. The molecule has 0 spiro atoms. The van der Waals surface area contributed by atoms with Crippen molar-refractivity contribution in [1.82, 2.24) is 5.01 Å². The molecule has 1 unspecified atom stereocenters. The highest BCUT2D eigenvalue weighted by Crippen LogP contribution is 2.41. The molecule has 2 amide bonds. The van der Waals surface area contributed by atoms with Gasteiger partial charge in [0.2, 0.25) is 0 Å². The number of hydrogen-bond donors (Lipinski definition) is 0. The van der Waals surface area contributed by atoms with Crippen LogP contribution < -0.4 is 5.01 Å². The second-order valence-electron chi connectivity index (χ2n) is 6.15. The first-order valence-electron chi connectivity index (χ1n) is 7.61. The second kappa shape index (κ2) is 5.88. The van der Waals surface area contributed by atoms with Crippen molar-refractivity contribution >= 4 is 17.5 Å². The van der Waals surface area contributed by atoms with Crippen molar-refractivity contribution in [3.63, 3.8) is 0 Å². The summed E-state index contributed by atoms with van der Waals surface area (Å²) in [5.41, 5.74) is -0.146. The topological polar surface area (TPSA) is 40.6 Å². The Labute approximate surface area is 126 Å². The number of hydrogen-bond acceptors (Lipinski definition) is 2. The zero-order chi connectivity index (χ0) is 15.6. The Morgan fingerprint density at radius 2 is 1.71 bits per heavy atom. The zero-order valence-electron chi connectivity index (χ0n) is 13.3. The van der Waals surface area contributed by atoms with Crippen LogP contribution in [0.25, 0.3) is 0 Å². The third kappa shape index (κ3) is 2.55. The van der Waals surface area contributed by atoms with Crippen molar-refractivity contribution < 1.29 is 9.59 Å². The lowest BCUT2D eigenvalue weighted by Gasteiger charge is -2.24. The van der Waals surface area contributed by atoms with Gasteiger partial charge in [0.15, 0.2) is 0 Å². The fourth-order valence-corrected chi connectivity index (χ4v) is 2.92. The number of benzene rings is 1. The zero-order valence-corrected chi connectivity index (χ0v) is 13.3. The molecule has 21 heavy (non-hydrogen) atoms. The molecule has 0 saturated carbocycles. The fraction of sp³-hybridized carbons (Fsp3) is 0.529. The standard InChI is InChI=1S/C17H24N2O2/c1-5-17(12-11-13(2)3)15(20)18(4)19(16(17)21)14-9-7-6-8-10-14/h6-10,13H,5,11-12H2,1-4H3. The number of nitrogens with zero attached hydrogens (tertiary/aromatic N) is 2. The van der Waals surface area contributed by atoms with E-state index in [-0.39, 0.29) is 11.8 Å². The minimum absolute atomic E-state index is 0.0838. The molecule has 0 bridgehead atoms. The molecule has 4 heteroatoms. The van der Waals surface area contributed by atoms with Gasteiger partial charge in [-0.2, -0.15) is 0 Å². The minimum Gasteiger partial charge on any atom is -0.272 e. The van der Waals surface area contributed by atoms with Crippen LogP contribution in [0, 0.1) is 11.3 Å². The van der Waals surface area contributed by atoms with Crippen LogP contribution in [0.3, 0.4) is 0 Å².